The number of aromatic nitrogens is 1. The molecule has 0 aromatic carbocycles. The summed E-state index contributed by atoms with van der Waals surface area (Å²) in [6.45, 7) is 1.58. The number of nitrogens with one attached hydrogen (secondary N) is 2. The van der Waals surface area contributed by atoms with Crippen molar-refractivity contribution < 1.29 is 0 Å². The first kappa shape index (κ1) is 14.8. The molecule has 0 atom stereocenters. The minimum Gasteiger partial charge on any atom is -0.356 e. The standard InChI is InChI=1S/C14H17ClN4S/c1-16-14(19-9-12-5-7-20-10-12)17-6-4-11-2-3-13(15)18-8-11/h2-3,5,7-8,10H,4,6,9H2,1H3,(H2,16,17,19). The van der Waals surface area contributed by atoms with Gasteiger partial charge < -0.3 is 10.6 Å². The normalized spacial score (nSPS) is 11.4. The van der Waals surface area contributed by atoms with Gasteiger partial charge in [-0.05, 0) is 40.4 Å². The van der Waals surface area contributed by atoms with Gasteiger partial charge in [-0.2, -0.15) is 11.3 Å². The predicted octanol–water partition coefficient (Wildman–Crippen LogP) is 2.70. The highest BCUT2D eigenvalue weighted by Crippen LogP contribution is 2.06. The number of hydrogen-bond acceptors (Lipinski definition) is 3. The number of hydrogen-bond donors (Lipinski definition) is 2. The quantitative estimate of drug-likeness (QED) is 0.507. The van der Waals surface area contributed by atoms with Crippen LogP contribution < -0.4 is 10.6 Å². The van der Waals surface area contributed by atoms with E-state index in [0.29, 0.717) is 5.15 Å². The monoisotopic (exact) mass is 308 g/mol. The molecule has 0 aliphatic rings. The lowest BCUT2D eigenvalue weighted by molar-refractivity contribution is 0.794. The van der Waals surface area contributed by atoms with E-state index < -0.39 is 0 Å². The molecule has 0 radical (unpaired) electrons. The summed E-state index contributed by atoms with van der Waals surface area (Å²) in [5.41, 5.74) is 2.41. The number of thiophene rings is 1. The van der Waals surface area contributed by atoms with Gasteiger partial charge in [0.15, 0.2) is 5.96 Å². The third-order valence-electron chi connectivity index (χ3n) is 2.76. The summed E-state index contributed by atoms with van der Waals surface area (Å²) >= 11 is 7.45. The number of nitrogens with zero attached hydrogens (tertiary/aromatic N) is 2. The minimum atomic E-state index is 0.523. The number of rotatable bonds is 5. The smallest absolute Gasteiger partial charge is 0.191 e. The van der Waals surface area contributed by atoms with Crippen LogP contribution in [0.4, 0.5) is 0 Å². The van der Waals surface area contributed by atoms with Crippen molar-refractivity contribution in [3.63, 3.8) is 0 Å². The molecule has 2 aromatic heterocycles. The second kappa shape index (κ2) is 7.87. The Bertz CT molecular complexity index is 537. The maximum Gasteiger partial charge on any atom is 0.191 e. The number of guanidine groups is 1. The molecule has 4 nitrogen and oxygen atoms in total. The number of halogens is 1. The Labute approximate surface area is 127 Å². The molecule has 0 saturated carbocycles. The van der Waals surface area contributed by atoms with Gasteiger partial charge in [0.25, 0.3) is 0 Å². The molecule has 2 aromatic rings. The number of pyridine rings is 1. The van der Waals surface area contributed by atoms with Crippen LogP contribution in [0.5, 0.6) is 0 Å². The zero-order chi connectivity index (χ0) is 14.2. The summed E-state index contributed by atoms with van der Waals surface area (Å²) in [5.74, 6) is 0.804. The summed E-state index contributed by atoms with van der Waals surface area (Å²) in [7, 11) is 1.77. The first-order valence-electron chi connectivity index (χ1n) is 6.34. The molecule has 0 saturated heterocycles. The third-order valence-corrected chi connectivity index (χ3v) is 3.71. The molecule has 106 valence electrons. The summed E-state index contributed by atoms with van der Waals surface area (Å²) in [6.07, 6.45) is 2.68. The Hall–Kier alpha value is -1.59. The van der Waals surface area contributed by atoms with Crippen molar-refractivity contribution in [3.05, 3.63) is 51.4 Å². The van der Waals surface area contributed by atoms with Gasteiger partial charge in [0.2, 0.25) is 0 Å². The van der Waals surface area contributed by atoms with Crippen LogP contribution in [0.2, 0.25) is 5.15 Å². The van der Waals surface area contributed by atoms with E-state index in [1.54, 1.807) is 30.6 Å². The van der Waals surface area contributed by atoms with E-state index in [1.165, 1.54) is 5.56 Å². The largest absolute Gasteiger partial charge is 0.356 e. The molecule has 2 heterocycles. The van der Waals surface area contributed by atoms with Crippen molar-refractivity contribution in [1.82, 2.24) is 15.6 Å². The van der Waals surface area contributed by atoms with Crippen LogP contribution in [-0.4, -0.2) is 24.5 Å². The lowest BCUT2D eigenvalue weighted by atomic mass is 10.2. The summed E-state index contributed by atoms with van der Waals surface area (Å²) < 4.78 is 0. The Morgan fingerprint density at radius 1 is 1.30 bits per heavy atom. The molecular weight excluding hydrogens is 292 g/mol. The molecule has 6 heteroatoms. The molecule has 0 amide bonds. The molecule has 0 unspecified atom stereocenters. The van der Waals surface area contributed by atoms with Crippen LogP contribution in [0.25, 0.3) is 0 Å². The number of aliphatic imine (C=N–C) groups is 1. The third kappa shape index (κ3) is 4.83. The molecule has 0 bridgehead atoms. The van der Waals surface area contributed by atoms with Crippen molar-refractivity contribution in [3.8, 4) is 0 Å². The van der Waals surface area contributed by atoms with Crippen molar-refractivity contribution in [2.75, 3.05) is 13.6 Å². The highest BCUT2D eigenvalue weighted by Gasteiger charge is 1.99. The van der Waals surface area contributed by atoms with Crippen LogP contribution in [0.3, 0.4) is 0 Å². The molecule has 2 N–H and O–H groups in total. The van der Waals surface area contributed by atoms with Gasteiger partial charge >= 0.3 is 0 Å². The highest BCUT2D eigenvalue weighted by molar-refractivity contribution is 7.07. The zero-order valence-corrected chi connectivity index (χ0v) is 12.8. The topological polar surface area (TPSA) is 49.3 Å². The molecule has 0 spiro atoms. The summed E-state index contributed by atoms with van der Waals surface area (Å²) in [4.78, 5) is 8.25. The van der Waals surface area contributed by atoms with E-state index in [0.717, 1.165) is 31.0 Å². The van der Waals surface area contributed by atoms with Crippen LogP contribution in [0, 0.1) is 0 Å². The van der Waals surface area contributed by atoms with E-state index in [2.05, 4.69) is 37.4 Å². The van der Waals surface area contributed by atoms with E-state index in [-0.39, 0.29) is 0 Å². The average Bonchev–Trinajstić information content (AvgIpc) is 2.98. The second-order valence-corrected chi connectivity index (χ2v) is 5.39. The van der Waals surface area contributed by atoms with Gasteiger partial charge in [-0.15, -0.1) is 0 Å². The van der Waals surface area contributed by atoms with Crippen molar-refractivity contribution >= 4 is 28.9 Å². The fourth-order valence-electron chi connectivity index (χ4n) is 1.68. The summed E-state index contributed by atoms with van der Waals surface area (Å²) in [6, 6.07) is 5.89. The Kier molecular flexibility index (Phi) is 5.83. The second-order valence-electron chi connectivity index (χ2n) is 4.22. The van der Waals surface area contributed by atoms with Crippen LogP contribution in [-0.2, 0) is 13.0 Å². The van der Waals surface area contributed by atoms with Gasteiger partial charge in [0.05, 0.1) is 0 Å². The van der Waals surface area contributed by atoms with E-state index in [1.807, 2.05) is 6.07 Å². The molecule has 0 aliphatic heterocycles. The summed E-state index contributed by atoms with van der Waals surface area (Å²) in [5, 5.41) is 11.3. The molecular formula is C14H17ClN4S. The van der Waals surface area contributed by atoms with E-state index in [4.69, 9.17) is 11.6 Å². The molecule has 0 fully saturated rings. The highest BCUT2D eigenvalue weighted by atomic mass is 35.5. The van der Waals surface area contributed by atoms with Gasteiger partial charge in [-0.25, -0.2) is 4.98 Å². The SMILES string of the molecule is CN=C(NCCc1ccc(Cl)nc1)NCc1ccsc1. The fourth-order valence-corrected chi connectivity index (χ4v) is 2.46. The molecule has 2 rings (SSSR count). The lowest BCUT2D eigenvalue weighted by Crippen LogP contribution is -2.37. The lowest BCUT2D eigenvalue weighted by Gasteiger charge is -2.11. The predicted molar refractivity (Wildman–Crippen MR) is 85.5 cm³/mol. The first-order valence-corrected chi connectivity index (χ1v) is 7.66. The fraction of sp³-hybridized carbons (Fsp3) is 0.286. The Morgan fingerprint density at radius 2 is 2.20 bits per heavy atom. The van der Waals surface area contributed by atoms with Gasteiger partial charge in [-0.1, -0.05) is 17.7 Å². The van der Waals surface area contributed by atoms with Crippen molar-refractivity contribution in [1.29, 1.82) is 0 Å². The van der Waals surface area contributed by atoms with Crippen LogP contribution in [0.15, 0.2) is 40.1 Å². The van der Waals surface area contributed by atoms with Crippen molar-refractivity contribution in [2.24, 2.45) is 4.99 Å². The Balaban J connectivity index is 1.72. The molecule has 0 aliphatic carbocycles. The van der Waals surface area contributed by atoms with Gasteiger partial charge in [-0.3, -0.25) is 4.99 Å². The maximum atomic E-state index is 5.75. The molecule has 20 heavy (non-hydrogen) atoms. The van der Waals surface area contributed by atoms with E-state index >= 15 is 0 Å². The first-order chi connectivity index (χ1) is 9.78. The van der Waals surface area contributed by atoms with E-state index in [9.17, 15) is 0 Å². The maximum absolute atomic E-state index is 5.75. The minimum absolute atomic E-state index is 0.523. The van der Waals surface area contributed by atoms with Crippen LogP contribution >= 0.6 is 22.9 Å². The Morgan fingerprint density at radius 3 is 2.85 bits per heavy atom. The average molecular weight is 309 g/mol. The zero-order valence-electron chi connectivity index (χ0n) is 11.3. The van der Waals surface area contributed by atoms with Gasteiger partial charge in [0, 0.05) is 26.3 Å². The van der Waals surface area contributed by atoms with Crippen molar-refractivity contribution in [2.45, 2.75) is 13.0 Å². The van der Waals surface area contributed by atoms with Gasteiger partial charge in [0.1, 0.15) is 5.15 Å². The van der Waals surface area contributed by atoms with Crippen LogP contribution in [0.1, 0.15) is 11.1 Å².